The van der Waals surface area contributed by atoms with Crippen LogP contribution < -0.4 is 0 Å². The molecule has 1 aromatic carbocycles. The predicted octanol–water partition coefficient (Wildman–Crippen LogP) is 2.99. The van der Waals surface area contributed by atoms with Gasteiger partial charge in [0.25, 0.3) is 11.8 Å². The minimum absolute atomic E-state index is 0.0349. The van der Waals surface area contributed by atoms with Crippen molar-refractivity contribution >= 4 is 40.5 Å². The van der Waals surface area contributed by atoms with Crippen molar-refractivity contribution in [3.05, 3.63) is 58.9 Å². The van der Waals surface area contributed by atoms with E-state index in [1.807, 2.05) is 6.07 Å². The average molecular weight is 397 g/mol. The van der Waals surface area contributed by atoms with Crippen molar-refractivity contribution < 1.29 is 18.7 Å². The number of ether oxygens (including phenoxy) is 1. The van der Waals surface area contributed by atoms with Gasteiger partial charge in [-0.25, -0.2) is 4.99 Å². The number of rotatable bonds is 3. The van der Waals surface area contributed by atoms with Gasteiger partial charge >= 0.3 is 0 Å². The highest BCUT2D eigenvalue weighted by molar-refractivity contribution is 8.18. The lowest BCUT2D eigenvalue weighted by Gasteiger charge is -2.26. The second kappa shape index (κ2) is 8.04. The molecule has 2 aromatic rings. The number of carbonyl (C=O) groups is 2. The van der Waals surface area contributed by atoms with Gasteiger partial charge in [0.15, 0.2) is 5.17 Å². The predicted molar refractivity (Wildman–Crippen MR) is 107 cm³/mol. The Hall–Kier alpha value is -2.84. The van der Waals surface area contributed by atoms with Gasteiger partial charge in [0.1, 0.15) is 5.76 Å². The number of morpholine rings is 1. The second-order valence-corrected chi connectivity index (χ2v) is 7.35. The largest absolute Gasteiger partial charge is 0.465 e. The SMILES string of the molecule is CN1C(=O)/C(=C\c2ccco2)SC1=Nc1cccc(C(=O)N2CCOCC2)c1. The first-order valence-corrected chi connectivity index (χ1v) is 9.70. The van der Waals surface area contributed by atoms with Crippen molar-refractivity contribution in [3.63, 3.8) is 0 Å². The van der Waals surface area contributed by atoms with E-state index in [0.717, 1.165) is 0 Å². The molecule has 0 atom stereocenters. The summed E-state index contributed by atoms with van der Waals surface area (Å²) in [6.45, 7) is 2.29. The van der Waals surface area contributed by atoms with Gasteiger partial charge in [0.05, 0.1) is 30.1 Å². The fourth-order valence-corrected chi connectivity index (χ4v) is 3.89. The van der Waals surface area contributed by atoms with Crippen molar-refractivity contribution in [2.45, 2.75) is 0 Å². The Bertz CT molecular complexity index is 946. The van der Waals surface area contributed by atoms with Gasteiger partial charge in [-0.3, -0.25) is 14.5 Å². The van der Waals surface area contributed by atoms with Gasteiger partial charge in [-0.2, -0.15) is 0 Å². The molecule has 3 heterocycles. The summed E-state index contributed by atoms with van der Waals surface area (Å²) in [5.41, 5.74) is 1.20. The Morgan fingerprint density at radius 2 is 2.04 bits per heavy atom. The highest BCUT2D eigenvalue weighted by Gasteiger charge is 2.30. The van der Waals surface area contributed by atoms with E-state index in [1.54, 1.807) is 54.6 Å². The summed E-state index contributed by atoms with van der Waals surface area (Å²) in [6, 6.07) is 10.7. The number of benzene rings is 1. The lowest BCUT2D eigenvalue weighted by atomic mass is 10.1. The normalized spacial score (nSPS) is 20.4. The Balaban J connectivity index is 1.55. The third-order valence-electron chi connectivity index (χ3n) is 4.44. The van der Waals surface area contributed by atoms with Gasteiger partial charge < -0.3 is 14.1 Å². The van der Waals surface area contributed by atoms with Crippen molar-refractivity contribution in [1.82, 2.24) is 9.80 Å². The Morgan fingerprint density at radius 3 is 2.79 bits per heavy atom. The molecule has 144 valence electrons. The molecule has 0 aliphatic carbocycles. The van der Waals surface area contributed by atoms with Crippen LogP contribution in [0.3, 0.4) is 0 Å². The molecule has 2 aliphatic rings. The zero-order valence-corrected chi connectivity index (χ0v) is 16.1. The quantitative estimate of drug-likeness (QED) is 0.745. The highest BCUT2D eigenvalue weighted by atomic mass is 32.2. The highest BCUT2D eigenvalue weighted by Crippen LogP contribution is 2.33. The lowest BCUT2D eigenvalue weighted by molar-refractivity contribution is -0.121. The summed E-state index contributed by atoms with van der Waals surface area (Å²) in [5, 5.41) is 0.554. The molecule has 2 amide bonds. The average Bonchev–Trinajstić information content (AvgIpc) is 3.33. The van der Waals surface area contributed by atoms with E-state index in [1.165, 1.54) is 16.7 Å². The number of thioether (sulfide) groups is 1. The van der Waals surface area contributed by atoms with Crippen LogP contribution >= 0.6 is 11.8 Å². The second-order valence-electron chi connectivity index (χ2n) is 6.34. The van der Waals surface area contributed by atoms with Crippen LogP contribution in [-0.4, -0.2) is 60.1 Å². The van der Waals surface area contributed by atoms with Gasteiger partial charge in [-0.05, 0) is 42.1 Å². The first-order valence-electron chi connectivity index (χ1n) is 8.89. The van der Waals surface area contributed by atoms with Crippen LogP contribution in [0.5, 0.6) is 0 Å². The molecule has 8 heteroatoms. The summed E-state index contributed by atoms with van der Waals surface area (Å²) in [7, 11) is 1.68. The molecular weight excluding hydrogens is 378 g/mol. The van der Waals surface area contributed by atoms with Gasteiger partial charge in [0, 0.05) is 31.8 Å². The van der Waals surface area contributed by atoms with Crippen LogP contribution in [0.4, 0.5) is 5.69 Å². The maximum Gasteiger partial charge on any atom is 0.266 e. The van der Waals surface area contributed by atoms with Crippen LogP contribution in [-0.2, 0) is 9.53 Å². The molecule has 28 heavy (non-hydrogen) atoms. The number of aliphatic imine (C=N–C) groups is 1. The molecule has 0 unspecified atom stereocenters. The zero-order chi connectivity index (χ0) is 19.5. The molecule has 4 rings (SSSR count). The third-order valence-corrected chi connectivity index (χ3v) is 5.50. The molecule has 0 saturated carbocycles. The van der Waals surface area contributed by atoms with Crippen LogP contribution in [0.15, 0.2) is 57.0 Å². The van der Waals surface area contributed by atoms with Gasteiger partial charge in [0.2, 0.25) is 0 Å². The number of furan rings is 1. The lowest BCUT2D eigenvalue weighted by Crippen LogP contribution is -2.40. The number of amidine groups is 1. The molecule has 2 aliphatic heterocycles. The first-order chi connectivity index (χ1) is 13.6. The monoisotopic (exact) mass is 397 g/mol. The first kappa shape index (κ1) is 18.5. The van der Waals surface area contributed by atoms with Crippen molar-refractivity contribution in [2.24, 2.45) is 4.99 Å². The van der Waals surface area contributed by atoms with E-state index >= 15 is 0 Å². The maximum atomic E-state index is 12.7. The van der Waals surface area contributed by atoms with Crippen molar-refractivity contribution in [2.75, 3.05) is 33.4 Å². The zero-order valence-electron chi connectivity index (χ0n) is 15.3. The van der Waals surface area contributed by atoms with Gasteiger partial charge in [-0.1, -0.05) is 6.07 Å². The van der Waals surface area contributed by atoms with Crippen LogP contribution in [0.2, 0.25) is 0 Å². The smallest absolute Gasteiger partial charge is 0.266 e. The van der Waals surface area contributed by atoms with Crippen LogP contribution in [0, 0.1) is 0 Å². The van der Waals surface area contributed by atoms with E-state index < -0.39 is 0 Å². The van der Waals surface area contributed by atoms with Crippen LogP contribution in [0.25, 0.3) is 6.08 Å². The fraction of sp³-hybridized carbons (Fsp3) is 0.250. The number of amides is 2. The number of carbonyl (C=O) groups excluding carboxylic acids is 2. The maximum absolute atomic E-state index is 12.7. The molecule has 1 aromatic heterocycles. The van der Waals surface area contributed by atoms with Crippen molar-refractivity contribution in [3.8, 4) is 0 Å². The number of hydrogen-bond donors (Lipinski definition) is 0. The van der Waals surface area contributed by atoms with E-state index in [0.29, 0.717) is 53.4 Å². The summed E-state index contributed by atoms with van der Waals surface area (Å²) in [6.07, 6.45) is 3.26. The van der Waals surface area contributed by atoms with E-state index in [2.05, 4.69) is 4.99 Å². The minimum atomic E-state index is -0.138. The van der Waals surface area contributed by atoms with Crippen LogP contribution in [0.1, 0.15) is 16.1 Å². The summed E-state index contributed by atoms with van der Waals surface area (Å²) >= 11 is 1.28. The third kappa shape index (κ3) is 3.88. The number of hydrogen-bond acceptors (Lipinski definition) is 6. The molecule has 0 spiro atoms. The Kier molecular flexibility index (Phi) is 5.31. The molecule has 7 nitrogen and oxygen atoms in total. The fourth-order valence-electron chi connectivity index (χ4n) is 2.92. The number of likely N-dealkylation sites (N-methyl/N-ethyl adjacent to an activating group) is 1. The van der Waals surface area contributed by atoms with E-state index in [9.17, 15) is 9.59 Å². The molecule has 2 fully saturated rings. The van der Waals surface area contributed by atoms with E-state index in [-0.39, 0.29) is 11.8 Å². The van der Waals surface area contributed by atoms with Gasteiger partial charge in [-0.15, -0.1) is 0 Å². The molecule has 0 bridgehead atoms. The summed E-state index contributed by atoms with van der Waals surface area (Å²) in [4.78, 5) is 33.5. The molecule has 0 N–H and O–H groups in total. The van der Waals surface area contributed by atoms with Crippen molar-refractivity contribution in [1.29, 1.82) is 0 Å². The number of nitrogens with zero attached hydrogens (tertiary/aromatic N) is 3. The topological polar surface area (TPSA) is 75.4 Å². The molecule has 2 saturated heterocycles. The summed E-state index contributed by atoms with van der Waals surface area (Å²) in [5.74, 6) is 0.441. The Morgan fingerprint density at radius 1 is 1.21 bits per heavy atom. The Labute approximate surface area is 166 Å². The van der Waals surface area contributed by atoms with E-state index in [4.69, 9.17) is 9.15 Å². The molecule has 0 radical (unpaired) electrons. The summed E-state index contributed by atoms with van der Waals surface area (Å²) < 4.78 is 10.6. The standard InChI is InChI=1S/C20H19N3O4S/c1-22-19(25)17(13-16-6-3-9-27-16)28-20(22)21-15-5-2-4-14(12-15)18(24)23-7-10-26-11-8-23/h2-6,9,12-13H,7-8,10-11H2,1H3/b17-13+,21-20?. The molecular formula is C20H19N3O4S. The minimum Gasteiger partial charge on any atom is -0.465 e.